The Labute approximate surface area is 169 Å². The Hall–Kier alpha value is -1.34. The van der Waals surface area contributed by atoms with Crippen LogP contribution < -0.4 is 5.32 Å². The van der Waals surface area contributed by atoms with Crippen molar-refractivity contribution in [2.75, 3.05) is 13.2 Å². The van der Waals surface area contributed by atoms with E-state index in [2.05, 4.69) is 5.32 Å². The molecule has 29 heavy (non-hydrogen) atoms. The van der Waals surface area contributed by atoms with Crippen molar-refractivity contribution in [3.8, 4) is 0 Å². The summed E-state index contributed by atoms with van der Waals surface area (Å²) >= 11 is 0. The van der Waals surface area contributed by atoms with Gasteiger partial charge in [-0.3, -0.25) is 4.79 Å². The van der Waals surface area contributed by atoms with Gasteiger partial charge in [0.1, 0.15) is 31.0 Å². The van der Waals surface area contributed by atoms with Gasteiger partial charge in [-0.15, -0.1) is 0 Å². The fraction of sp³-hybridized carbons (Fsp3) is 0.889. The molecule has 0 saturated carbocycles. The van der Waals surface area contributed by atoms with Gasteiger partial charge in [0.15, 0.2) is 0 Å². The molecule has 0 aromatic carbocycles. The molecule has 1 aliphatic heterocycles. The Morgan fingerprint density at radius 1 is 1.07 bits per heavy atom. The highest BCUT2D eigenvalue weighted by Crippen LogP contribution is 2.25. The van der Waals surface area contributed by atoms with Crippen molar-refractivity contribution in [3.63, 3.8) is 0 Å². The van der Waals surface area contributed by atoms with Crippen LogP contribution in [0.3, 0.4) is 0 Å². The molecule has 0 aliphatic carbocycles. The van der Waals surface area contributed by atoms with E-state index in [1.165, 1.54) is 0 Å². The lowest BCUT2D eigenvalue weighted by atomic mass is 9.90. The zero-order valence-electron chi connectivity index (χ0n) is 16.7. The fourth-order valence-corrected chi connectivity index (χ4v) is 3.16. The number of amides is 1. The minimum atomic E-state index is -1.54. The van der Waals surface area contributed by atoms with E-state index < -0.39 is 61.3 Å². The highest BCUT2D eigenvalue weighted by molar-refractivity contribution is 5.75. The van der Waals surface area contributed by atoms with Gasteiger partial charge >= 0.3 is 5.97 Å². The van der Waals surface area contributed by atoms with Gasteiger partial charge in [-0.05, 0) is 19.3 Å². The summed E-state index contributed by atoms with van der Waals surface area (Å²) in [6.07, 6.45) is -8.10. The number of hydrogen-bond acceptors (Lipinski definition) is 9. The normalized spacial score (nSPS) is 30.4. The molecule has 1 amide bonds. The molecule has 8 atom stereocenters. The zero-order valence-corrected chi connectivity index (χ0v) is 16.7. The number of carbonyl (C=O) groups excluding carboxylic acids is 1. The van der Waals surface area contributed by atoms with Crippen molar-refractivity contribution in [1.82, 2.24) is 5.32 Å². The number of aliphatic hydroxyl groups is 5. The van der Waals surface area contributed by atoms with Gasteiger partial charge in [0.2, 0.25) is 5.91 Å². The summed E-state index contributed by atoms with van der Waals surface area (Å²) in [5, 5.41) is 61.7. The lowest BCUT2D eigenvalue weighted by molar-refractivity contribution is -0.234. The third-order valence-corrected chi connectivity index (χ3v) is 4.97. The lowest BCUT2D eigenvalue weighted by Gasteiger charge is -2.41. The molecule has 0 spiro atoms. The van der Waals surface area contributed by atoms with Crippen LogP contribution in [0.1, 0.15) is 39.5 Å². The van der Waals surface area contributed by atoms with E-state index in [-0.39, 0.29) is 38.2 Å². The number of aliphatic hydroxyl groups excluding tert-OH is 5. The summed E-state index contributed by atoms with van der Waals surface area (Å²) in [5.41, 5.74) is 0. The van der Waals surface area contributed by atoms with Crippen molar-refractivity contribution in [2.24, 2.45) is 0 Å². The predicted octanol–water partition coefficient (Wildman–Crippen LogP) is -2.26. The van der Waals surface area contributed by atoms with E-state index in [4.69, 9.17) is 14.6 Å². The van der Waals surface area contributed by atoms with Crippen LogP contribution in [0, 0.1) is 0 Å². The Bertz CT molecular complexity index is 519. The molecular formula is C18H33NO10. The molecule has 11 heteroatoms. The highest BCUT2D eigenvalue weighted by atomic mass is 16.6. The maximum atomic E-state index is 11.8. The number of carbonyl (C=O) groups is 2. The third kappa shape index (κ3) is 7.78. The average Bonchev–Trinajstić information content (AvgIpc) is 2.70. The average molecular weight is 423 g/mol. The van der Waals surface area contributed by atoms with Gasteiger partial charge in [0.25, 0.3) is 0 Å². The monoisotopic (exact) mass is 423 g/mol. The number of carboxylic acid groups (broad SMARTS) is 1. The van der Waals surface area contributed by atoms with Crippen molar-refractivity contribution in [3.05, 3.63) is 0 Å². The van der Waals surface area contributed by atoms with Gasteiger partial charge in [0.05, 0.1) is 31.0 Å². The molecule has 170 valence electrons. The lowest BCUT2D eigenvalue weighted by Crippen LogP contribution is -2.59. The van der Waals surface area contributed by atoms with Gasteiger partial charge in [-0.25, -0.2) is 4.79 Å². The summed E-state index contributed by atoms with van der Waals surface area (Å²) in [7, 11) is 0. The Morgan fingerprint density at radius 3 is 2.24 bits per heavy atom. The first-order valence-corrected chi connectivity index (χ1v) is 9.76. The molecule has 8 unspecified atom stereocenters. The number of rotatable bonds is 12. The second kappa shape index (κ2) is 12.4. The highest BCUT2D eigenvalue weighted by Gasteiger charge is 2.44. The molecule has 0 bridgehead atoms. The number of ether oxygens (including phenoxy) is 2. The van der Waals surface area contributed by atoms with Crippen molar-refractivity contribution in [2.45, 2.75) is 88.3 Å². The summed E-state index contributed by atoms with van der Waals surface area (Å²) in [6, 6.07) is -0.807. The maximum Gasteiger partial charge on any atom is 0.329 e. The van der Waals surface area contributed by atoms with Crippen LogP contribution in [0.25, 0.3) is 0 Å². The van der Waals surface area contributed by atoms with Gasteiger partial charge in [-0.2, -0.15) is 0 Å². The topological polar surface area (TPSA) is 186 Å². The molecule has 1 rings (SSSR count). The number of aliphatic carboxylic acids is 1. The van der Waals surface area contributed by atoms with E-state index >= 15 is 0 Å². The molecule has 1 aliphatic rings. The summed E-state index contributed by atoms with van der Waals surface area (Å²) in [6.45, 7) is 2.41. The smallest absolute Gasteiger partial charge is 0.329 e. The van der Waals surface area contributed by atoms with E-state index in [0.717, 1.165) is 0 Å². The Kier molecular flexibility index (Phi) is 11.0. The largest absolute Gasteiger partial charge is 0.480 e. The van der Waals surface area contributed by atoms with Crippen LogP contribution in [0.15, 0.2) is 0 Å². The second-order valence-electron chi connectivity index (χ2n) is 7.16. The number of nitrogens with one attached hydrogen (secondary N) is 1. The summed E-state index contributed by atoms with van der Waals surface area (Å²) in [5.74, 6) is -1.52. The van der Waals surface area contributed by atoms with Crippen molar-refractivity contribution < 1.29 is 49.7 Å². The van der Waals surface area contributed by atoms with Crippen LogP contribution in [-0.2, 0) is 19.1 Å². The molecule has 0 radical (unpaired) electrons. The molecule has 1 heterocycles. The standard InChI is InChI=1S/C18H33NO10/c1-3-10(20)15(24)9(19-13(21)4-2)5-6-11-16(25)18(27)17(26)12(29-11)7-28-8-14(22)23/h9-12,15-18,20,24-27H,3-8H2,1-2H3,(H,19,21)(H,22,23). The fourth-order valence-electron chi connectivity index (χ4n) is 3.16. The minimum Gasteiger partial charge on any atom is -0.480 e. The maximum absolute atomic E-state index is 11.8. The first-order chi connectivity index (χ1) is 13.6. The Morgan fingerprint density at radius 2 is 1.69 bits per heavy atom. The van der Waals surface area contributed by atoms with Gasteiger partial charge < -0.3 is 45.4 Å². The number of hydrogen-bond donors (Lipinski definition) is 7. The van der Waals surface area contributed by atoms with Gasteiger partial charge in [0, 0.05) is 6.42 Å². The van der Waals surface area contributed by atoms with Crippen LogP contribution in [0.5, 0.6) is 0 Å². The van der Waals surface area contributed by atoms with Crippen LogP contribution in [-0.4, -0.2) is 104 Å². The van der Waals surface area contributed by atoms with E-state index in [1.54, 1.807) is 13.8 Å². The van der Waals surface area contributed by atoms with Crippen LogP contribution in [0.4, 0.5) is 0 Å². The van der Waals surface area contributed by atoms with Gasteiger partial charge in [-0.1, -0.05) is 13.8 Å². The zero-order chi connectivity index (χ0) is 22.1. The van der Waals surface area contributed by atoms with Crippen LogP contribution in [0.2, 0.25) is 0 Å². The molecule has 7 N–H and O–H groups in total. The first kappa shape index (κ1) is 25.7. The van der Waals surface area contributed by atoms with Crippen molar-refractivity contribution in [1.29, 1.82) is 0 Å². The molecule has 1 fully saturated rings. The number of carboxylic acids is 1. The third-order valence-electron chi connectivity index (χ3n) is 4.97. The van der Waals surface area contributed by atoms with E-state index in [9.17, 15) is 35.1 Å². The molecule has 0 aromatic rings. The quantitative estimate of drug-likeness (QED) is 0.181. The van der Waals surface area contributed by atoms with Crippen molar-refractivity contribution >= 4 is 11.9 Å². The summed E-state index contributed by atoms with van der Waals surface area (Å²) < 4.78 is 10.5. The minimum absolute atomic E-state index is 0.0858. The molecule has 0 aromatic heterocycles. The predicted molar refractivity (Wildman–Crippen MR) is 98.9 cm³/mol. The van der Waals surface area contributed by atoms with E-state index in [1.807, 2.05) is 0 Å². The second-order valence-corrected chi connectivity index (χ2v) is 7.16. The first-order valence-electron chi connectivity index (χ1n) is 9.76. The van der Waals surface area contributed by atoms with Crippen LogP contribution >= 0.6 is 0 Å². The Balaban J connectivity index is 2.76. The van der Waals surface area contributed by atoms with E-state index in [0.29, 0.717) is 0 Å². The SMILES string of the molecule is CCC(=O)NC(CCC1OC(COCC(=O)O)C(O)C(O)C1O)C(O)C(O)CC. The summed E-state index contributed by atoms with van der Waals surface area (Å²) in [4.78, 5) is 22.3. The molecule has 11 nitrogen and oxygen atoms in total. The molecular weight excluding hydrogens is 390 g/mol. The molecule has 1 saturated heterocycles.